The van der Waals surface area contributed by atoms with Gasteiger partial charge in [0, 0.05) is 18.7 Å². The Bertz CT molecular complexity index is 603. The predicted octanol–water partition coefficient (Wildman–Crippen LogP) is 1.77. The Kier molecular flexibility index (Phi) is 4.12. The summed E-state index contributed by atoms with van der Waals surface area (Å²) in [4.78, 5) is 13.9. The largest absolute Gasteiger partial charge is 0.365 e. The summed E-state index contributed by atoms with van der Waals surface area (Å²) >= 11 is 0. The second kappa shape index (κ2) is 5.68. The molecule has 0 radical (unpaired) electrons. The van der Waals surface area contributed by atoms with Gasteiger partial charge >= 0.3 is 0 Å². The van der Waals surface area contributed by atoms with E-state index in [1.54, 1.807) is 6.92 Å². The lowest BCUT2D eigenvalue weighted by Crippen LogP contribution is -2.30. The van der Waals surface area contributed by atoms with Crippen LogP contribution in [-0.4, -0.2) is 29.2 Å². The Balaban J connectivity index is 2.42. The summed E-state index contributed by atoms with van der Waals surface area (Å²) < 4.78 is 0. The molecule has 0 bridgehead atoms. The summed E-state index contributed by atoms with van der Waals surface area (Å²) in [6.07, 6.45) is 3.19. The smallest absolute Gasteiger partial charge is 0.252 e. The first-order valence-corrected chi connectivity index (χ1v) is 7.18. The van der Waals surface area contributed by atoms with E-state index in [0.717, 1.165) is 32.4 Å². The molecule has 0 aliphatic carbocycles. The van der Waals surface area contributed by atoms with Gasteiger partial charge in [-0.15, -0.1) is 10.2 Å². The van der Waals surface area contributed by atoms with Gasteiger partial charge in [0.15, 0.2) is 11.5 Å². The van der Waals surface area contributed by atoms with Crippen molar-refractivity contribution in [1.82, 2.24) is 10.2 Å². The van der Waals surface area contributed by atoms with Crippen LogP contribution < -0.4 is 10.6 Å². The zero-order chi connectivity index (χ0) is 15.6. The van der Waals surface area contributed by atoms with Crippen molar-refractivity contribution >= 4 is 11.7 Å². The fraction of sp³-hybridized carbons (Fsp3) is 0.600. The number of carbonyl (C=O) groups is 1. The molecule has 0 aromatic carbocycles. The van der Waals surface area contributed by atoms with Crippen molar-refractivity contribution in [2.24, 2.45) is 11.1 Å². The lowest BCUT2D eigenvalue weighted by Gasteiger charge is -2.25. The van der Waals surface area contributed by atoms with Gasteiger partial charge < -0.3 is 10.6 Å². The van der Waals surface area contributed by atoms with Crippen LogP contribution in [-0.2, 0) is 0 Å². The summed E-state index contributed by atoms with van der Waals surface area (Å²) in [7, 11) is 0. The van der Waals surface area contributed by atoms with Crippen molar-refractivity contribution in [1.29, 1.82) is 5.26 Å². The molecule has 112 valence electrons. The fourth-order valence-corrected chi connectivity index (χ4v) is 2.77. The molecule has 1 aliphatic heterocycles. The highest BCUT2D eigenvalue weighted by Crippen LogP contribution is 2.32. The van der Waals surface area contributed by atoms with Gasteiger partial charge in [0.2, 0.25) is 0 Å². The van der Waals surface area contributed by atoms with Crippen LogP contribution in [0.5, 0.6) is 0 Å². The standard InChI is InChI=1S/C15H21N5O/c1-10-11(9-16)18-19-14(12(10)13(17)21)20-7-4-5-15(2,3)6-8-20/h4-8H2,1-3H3,(H2,17,21). The van der Waals surface area contributed by atoms with Crippen LogP contribution in [0.4, 0.5) is 5.82 Å². The molecule has 0 unspecified atom stereocenters. The van der Waals surface area contributed by atoms with E-state index >= 15 is 0 Å². The van der Waals surface area contributed by atoms with Crippen LogP contribution >= 0.6 is 0 Å². The van der Waals surface area contributed by atoms with Crippen LogP contribution in [0, 0.1) is 23.7 Å². The molecule has 2 N–H and O–H groups in total. The second-order valence-electron chi connectivity index (χ2n) is 6.35. The van der Waals surface area contributed by atoms with E-state index in [2.05, 4.69) is 28.9 Å². The Morgan fingerprint density at radius 1 is 1.33 bits per heavy atom. The SMILES string of the molecule is Cc1c(C#N)nnc(N2CCCC(C)(C)CC2)c1C(N)=O. The number of aromatic nitrogens is 2. The minimum absolute atomic E-state index is 0.155. The molecule has 1 fully saturated rings. The summed E-state index contributed by atoms with van der Waals surface area (Å²) in [5.74, 6) is -0.0471. The molecule has 2 heterocycles. The van der Waals surface area contributed by atoms with Gasteiger partial charge in [-0.2, -0.15) is 5.26 Å². The molecule has 6 heteroatoms. The van der Waals surface area contributed by atoms with Gasteiger partial charge in [0.05, 0.1) is 5.56 Å². The number of hydrogen-bond acceptors (Lipinski definition) is 5. The third-order valence-electron chi connectivity index (χ3n) is 4.19. The van der Waals surface area contributed by atoms with Gasteiger partial charge in [-0.1, -0.05) is 13.8 Å². The fourth-order valence-electron chi connectivity index (χ4n) is 2.77. The zero-order valence-electron chi connectivity index (χ0n) is 12.8. The molecule has 0 saturated carbocycles. The number of primary amides is 1. The molecule has 1 amide bonds. The van der Waals surface area contributed by atoms with Crippen molar-refractivity contribution in [3.8, 4) is 6.07 Å². The van der Waals surface area contributed by atoms with Crippen molar-refractivity contribution < 1.29 is 4.79 Å². The monoisotopic (exact) mass is 287 g/mol. The number of anilines is 1. The van der Waals surface area contributed by atoms with Crippen molar-refractivity contribution in [2.45, 2.75) is 40.0 Å². The van der Waals surface area contributed by atoms with E-state index in [0.29, 0.717) is 16.9 Å². The lowest BCUT2D eigenvalue weighted by molar-refractivity contribution is 0.0999. The van der Waals surface area contributed by atoms with E-state index < -0.39 is 5.91 Å². The Morgan fingerprint density at radius 3 is 2.67 bits per heavy atom. The summed E-state index contributed by atoms with van der Waals surface area (Å²) in [5, 5.41) is 17.0. The molecule has 21 heavy (non-hydrogen) atoms. The number of nitrogens with zero attached hydrogens (tertiary/aromatic N) is 4. The normalized spacial score (nSPS) is 17.9. The highest BCUT2D eigenvalue weighted by Gasteiger charge is 2.27. The molecular weight excluding hydrogens is 266 g/mol. The Hall–Kier alpha value is -2.16. The minimum atomic E-state index is -0.558. The molecule has 1 saturated heterocycles. The average Bonchev–Trinajstić information content (AvgIpc) is 2.59. The van der Waals surface area contributed by atoms with Crippen LogP contribution in [0.1, 0.15) is 54.7 Å². The number of nitriles is 1. The number of amides is 1. The van der Waals surface area contributed by atoms with Crippen LogP contribution in [0.25, 0.3) is 0 Å². The number of rotatable bonds is 2. The number of nitrogens with two attached hydrogens (primary N) is 1. The summed E-state index contributed by atoms with van der Waals surface area (Å²) in [6.45, 7) is 7.83. The first kappa shape index (κ1) is 15.2. The topological polar surface area (TPSA) is 95.9 Å². The summed E-state index contributed by atoms with van der Waals surface area (Å²) in [5.41, 5.74) is 6.77. The maximum Gasteiger partial charge on any atom is 0.252 e. The quantitative estimate of drug-likeness (QED) is 0.894. The predicted molar refractivity (Wildman–Crippen MR) is 79.8 cm³/mol. The number of carbonyl (C=O) groups excluding carboxylic acids is 1. The average molecular weight is 287 g/mol. The minimum Gasteiger partial charge on any atom is -0.365 e. The van der Waals surface area contributed by atoms with Crippen LogP contribution in [0.2, 0.25) is 0 Å². The molecule has 6 nitrogen and oxygen atoms in total. The second-order valence-corrected chi connectivity index (χ2v) is 6.35. The highest BCUT2D eigenvalue weighted by molar-refractivity contribution is 5.99. The van der Waals surface area contributed by atoms with Gasteiger partial charge in [-0.05, 0) is 31.6 Å². The lowest BCUT2D eigenvalue weighted by atomic mass is 9.85. The molecule has 0 spiro atoms. The Labute approximate surface area is 125 Å². The molecule has 1 aliphatic rings. The van der Waals surface area contributed by atoms with E-state index in [9.17, 15) is 4.79 Å². The van der Waals surface area contributed by atoms with Crippen LogP contribution in [0.15, 0.2) is 0 Å². The van der Waals surface area contributed by atoms with E-state index in [1.165, 1.54) is 0 Å². The highest BCUT2D eigenvalue weighted by atomic mass is 16.1. The first-order valence-electron chi connectivity index (χ1n) is 7.18. The summed E-state index contributed by atoms with van der Waals surface area (Å²) in [6, 6.07) is 1.95. The third kappa shape index (κ3) is 3.13. The maximum atomic E-state index is 11.8. The molecule has 0 atom stereocenters. The molecular formula is C15H21N5O. The van der Waals surface area contributed by atoms with Gasteiger partial charge in [0.1, 0.15) is 6.07 Å². The van der Waals surface area contributed by atoms with Gasteiger partial charge in [0.25, 0.3) is 5.91 Å². The maximum absolute atomic E-state index is 11.8. The molecule has 2 rings (SSSR count). The van der Waals surface area contributed by atoms with Crippen molar-refractivity contribution in [3.63, 3.8) is 0 Å². The van der Waals surface area contributed by atoms with E-state index in [-0.39, 0.29) is 11.1 Å². The zero-order valence-corrected chi connectivity index (χ0v) is 12.8. The molecule has 1 aromatic rings. The van der Waals surface area contributed by atoms with Gasteiger partial charge in [-0.25, -0.2) is 0 Å². The molecule has 1 aromatic heterocycles. The van der Waals surface area contributed by atoms with Gasteiger partial charge in [-0.3, -0.25) is 4.79 Å². The first-order chi connectivity index (χ1) is 9.85. The van der Waals surface area contributed by atoms with Crippen molar-refractivity contribution in [2.75, 3.05) is 18.0 Å². The third-order valence-corrected chi connectivity index (χ3v) is 4.19. The van der Waals surface area contributed by atoms with E-state index in [1.807, 2.05) is 6.07 Å². The van der Waals surface area contributed by atoms with Crippen molar-refractivity contribution in [3.05, 3.63) is 16.8 Å². The Morgan fingerprint density at radius 2 is 2.05 bits per heavy atom. The van der Waals surface area contributed by atoms with E-state index in [4.69, 9.17) is 11.0 Å². The number of hydrogen-bond donors (Lipinski definition) is 1. The van der Waals surface area contributed by atoms with Crippen LogP contribution in [0.3, 0.4) is 0 Å².